The SMILES string of the molecule is c1ccc(-c2ccc(-c3ccc(N(c4cccc(-c5cccc6c5oc5ccccc56)c4)c4cccc5oc6c7ccccc7ccc6c45)cc3)c(-c3ccccc3)c2)cc1. The minimum atomic E-state index is 0.847. The maximum atomic E-state index is 6.73. The zero-order valence-corrected chi connectivity index (χ0v) is 33.1. The number of hydrogen-bond acceptors (Lipinski definition) is 3. The molecule has 0 atom stereocenters. The summed E-state index contributed by atoms with van der Waals surface area (Å²) in [6, 6.07) is 79.9. The van der Waals surface area contributed by atoms with Gasteiger partial charge in [-0.1, -0.05) is 170 Å². The zero-order valence-electron chi connectivity index (χ0n) is 33.1. The van der Waals surface area contributed by atoms with Gasteiger partial charge in [0.15, 0.2) is 0 Å². The first-order chi connectivity index (χ1) is 30.2. The number of hydrogen-bond donors (Lipinski definition) is 0. The molecule has 61 heavy (non-hydrogen) atoms. The third-order valence-electron chi connectivity index (χ3n) is 12.1. The van der Waals surface area contributed by atoms with Gasteiger partial charge in [-0.15, -0.1) is 0 Å². The van der Waals surface area contributed by atoms with Crippen molar-refractivity contribution in [2.45, 2.75) is 0 Å². The fourth-order valence-corrected chi connectivity index (χ4v) is 9.19. The van der Waals surface area contributed by atoms with E-state index in [1.54, 1.807) is 0 Å². The molecule has 0 aliphatic heterocycles. The number of benzene rings is 10. The Bertz CT molecular complexity index is 3580. The van der Waals surface area contributed by atoms with Crippen LogP contribution in [-0.4, -0.2) is 0 Å². The Balaban J connectivity index is 1.04. The van der Waals surface area contributed by atoms with Crippen molar-refractivity contribution in [3.05, 3.63) is 224 Å². The van der Waals surface area contributed by atoms with Gasteiger partial charge < -0.3 is 13.7 Å². The van der Waals surface area contributed by atoms with Crippen molar-refractivity contribution in [2.24, 2.45) is 0 Å². The second-order valence-electron chi connectivity index (χ2n) is 15.6. The minimum Gasteiger partial charge on any atom is -0.455 e. The van der Waals surface area contributed by atoms with Crippen molar-refractivity contribution in [3.8, 4) is 44.5 Å². The zero-order chi connectivity index (χ0) is 40.3. The van der Waals surface area contributed by atoms with Gasteiger partial charge in [-0.2, -0.15) is 0 Å². The van der Waals surface area contributed by atoms with E-state index < -0.39 is 0 Å². The van der Waals surface area contributed by atoms with Gasteiger partial charge >= 0.3 is 0 Å². The molecule has 3 heteroatoms. The first-order valence-electron chi connectivity index (χ1n) is 20.7. The summed E-state index contributed by atoms with van der Waals surface area (Å²) in [5, 5.41) is 6.64. The molecular formula is C58H37NO2. The molecule has 12 rings (SSSR count). The molecule has 0 fully saturated rings. The summed E-state index contributed by atoms with van der Waals surface area (Å²) in [4.78, 5) is 2.37. The molecule has 0 saturated heterocycles. The summed E-state index contributed by atoms with van der Waals surface area (Å²) in [6.07, 6.45) is 0. The third-order valence-corrected chi connectivity index (χ3v) is 12.1. The molecule has 0 spiro atoms. The van der Waals surface area contributed by atoms with E-state index in [1.807, 2.05) is 12.1 Å². The van der Waals surface area contributed by atoms with E-state index in [2.05, 4.69) is 217 Å². The Morgan fingerprint density at radius 3 is 1.79 bits per heavy atom. The van der Waals surface area contributed by atoms with Crippen molar-refractivity contribution >= 4 is 71.7 Å². The largest absolute Gasteiger partial charge is 0.455 e. The fourth-order valence-electron chi connectivity index (χ4n) is 9.19. The number of anilines is 3. The first kappa shape index (κ1) is 34.9. The summed E-state index contributed by atoms with van der Waals surface area (Å²) in [5.41, 5.74) is 15.8. The Morgan fingerprint density at radius 2 is 0.934 bits per heavy atom. The lowest BCUT2D eigenvalue weighted by molar-refractivity contribution is 0.670. The minimum absolute atomic E-state index is 0.847. The highest BCUT2D eigenvalue weighted by Crippen LogP contribution is 2.46. The van der Waals surface area contributed by atoms with Crippen LogP contribution in [-0.2, 0) is 0 Å². The van der Waals surface area contributed by atoms with Crippen molar-refractivity contribution in [3.63, 3.8) is 0 Å². The highest BCUT2D eigenvalue weighted by Gasteiger charge is 2.22. The third kappa shape index (κ3) is 5.90. The standard InChI is InChI=1S/C58H37NO2/c1-3-14-38(15-4-1)42-31-34-46(52(37-42)39-16-5-2-6-17-39)41-28-32-44(33-29-41)59(53-25-13-27-55-56(53)51-35-30-40-18-7-8-21-47(40)58(51)61-55)45-20-11-19-43(36-45)48-23-12-24-50-49-22-9-10-26-54(49)60-57(48)50/h1-37H. The normalized spacial score (nSPS) is 11.6. The van der Waals surface area contributed by atoms with Gasteiger partial charge in [0, 0.05) is 38.5 Å². The van der Waals surface area contributed by atoms with Gasteiger partial charge in [0.2, 0.25) is 0 Å². The average Bonchev–Trinajstić information content (AvgIpc) is 3.92. The van der Waals surface area contributed by atoms with E-state index in [0.717, 1.165) is 88.4 Å². The van der Waals surface area contributed by atoms with Crippen LogP contribution in [0.2, 0.25) is 0 Å². The maximum absolute atomic E-state index is 6.73. The summed E-state index contributed by atoms with van der Waals surface area (Å²) >= 11 is 0. The molecule has 2 aromatic heterocycles. The predicted octanol–water partition coefficient (Wildman–Crippen LogP) is 16.8. The lowest BCUT2D eigenvalue weighted by Gasteiger charge is -2.27. The van der Waals surface area contributed by atoms with E-state index in [-0.39, 0.29) is 0 Å². The quantitative estimate of drug-likeness (QED) is 0.161. The van der Waals surface area contributed by atoms with Gasteiger partial charge in [0.25, 0.3) is 0 Å². The van der Waals surface area contributed by atoms with Crippen LogP contribution in [0.3, 0.4) is 0 Å². The molecule has 0 aliphatic rings. The fraction of sp³-hybridized carbons (Fsp3) is 0. The maximum Gasteiger partial charge on any atom is 0.143 e. The molecule has 286 valence electrons. The number of furan rings is 2. The molecular weight excluding hydrogens is 743 g/mol. The molecule has 0 unspecified atom stereocenters. The van der Waals surface area contributed by atoms with Crippen LogP contribution in [0, 0.1) is 0 Å². The van der Waals surface area contributed by atoms with Crippen LogP contribution in [0.4, 0.5) is 17.1 Å². The number of rotatable bonds is 7. The molecule has 0 radical (unpaired) electrons. The van der Waals surface area contributed by atoms with Crippen LogP contribution in [0.1, 0.15) is 0 Å². The van der Waals surface area contributed by atoms with Crippen molar-refractivity contribution < 1.29 is 8.83 Å². The summed E-state index contributed by atoms with van der Waals surface area (Å²) in [7, 11) is 0. The molecule has 2 heterocycles. The lowest BCUT2D eigenvalue weighted by atomic mass is 9.91. The van der Waals surface area contributed by atoms with Crippen LogP contribution in [0.15, 0.2) is 233 Å². The summed E-state index contributed by atoms with van der Waals surface area (Å²) < 4.78 is 13.3. The number of nitrogens with zero attached hydrogens (tertiary/aromatic N) is 1. The van der Waals surface area contributed by atoms with Gasteiger partial charge in [-0.3, -0.25) is 0 Å². The smallest absolute Gasteiger partial charge is 0.143 e. The Morgan fingerprint density at radius 1 is 0.295 bits per heavy atom. The van der Waals surface area contributed by atoms with Crippen LogP contribution >= 0.6 is 0 Å². The Kier molecular flexibility index (Phi) is 8.17. The van der Waals surface area contributed by atoms with Crippen molar-refractivity contribution in [2.75, 3.05) is 4.90 Å². The van der Waals surface area contributed by atoms with E-state index in [0.29, 0.717) is 0 Å². The van der Waals surface area contributed by atoms with Crippen LogP contribution in [0.5, 0.6) is 0 Å². The first-order valence-corrected chi connectivity index (χ1v) is 20.7. The Labute approximate surface area is 353 Å². The highest BCUT2D eigenvalue weighted by atomic mass is 16.3. The molecule has 0 aliphatic carbocycles. The van der Waals surface area contributed by atoms with Gasteiger partial charge in [0.05, 0.1) is 11.1 Å². The van der Waals surface area contributed by atoms with Crippen molar-refractivity contribution in [1.82, 2.24) is 0 Å². The number of para-hydroxylation sites is 2. The molecule has 0 amide bonds. The molecule has 10 aromatic carbocycles. The summed E-state index contributed by atoms with van der Waals surface area (Å²) in [5.74, 6) is 0. The van der Waals surface area contributed by atoms with E-state index >= 15 is 0 Å². The summed E-state index contributed by atoms with van der Waals surface area (Å²) in [6.45, 7) is 0. The van der Waals surface area contributed by atoms with Crippen LogP contribution in [0.25, 0.3) is 99.2 Å². The average molecular weight is 780 g/mol. The second kappa shape index (κ2) is 14.3. The monoisotopic (exact) mass is 779 g/mol. The second-order valence-corrected chi connectivity index (χ2v) is 15.6. The lowest BCUT2D eigenvalue weighted by Crippen LogP contribution is -2.10. The molecule has 0 bridgehead atoms. The molecule has 0 saturated carbocycles. The van der Waals surface area contributed by atoms with E-state index in [9.17, 15) is 0 Å². The van der Waals surface area contributed by atoms with Crippen LogP contribution < -0.4 is 4.90 Å². The van der Waals surface area contributed by atoms with Gasteiger partial charge in [-0.25, -0.2) is 0 Å². The van der Waals surface area contributed by atoms with E-state index in [4.69, 9.17) is 8.83 Å². The van der Waals surface area contributed by atoms with Gasteiger partial charge in [0.1, 0.15) is 22.3 Å². The molecule has 0 N–H and O–H groups in total. The molecule has 3 nitrogen and oxygen atoms in total. The highest BCUT2D eigenvalue weighted by molar-refractivity contribution is 6.19. The number of fused-ring (bicyclic) bond motifs is 8. The van der Waals surface area contributed by atoms with Gasteiger partial charge in [-0.05, 0) is 98.9 Å². The predicted molar refractivity (Wildman–Crippen MR) is 255 cm³/mol. The van der Waals surface area contributed by atoms with E-state index in [1.165, 1.54) is 27.8 Å². The Hall–Kier alpha value is -8.14. The topological polar surface area (TPSA) is 29.5 Å². The van der Waals surface area contributed by atoms with Crippen molar-refractivity contribution in [1.29, 1.82) is 0 Å². The molecule has 12 aromatic rings.